The quantitative estimate of drug-likeness (QED) is 0.730. The topological polar surface area (TPSA) is 60.7 Å². The van der Waals surface area contributed by atoms with Crippen LogP contribution in [-0.4, -0.2) is 25.8 Å². The Morgan fingerprint density at radius 3 is 2.82 bits per heavy atom. The lowest BCUT2D eigenvalue weighted by molar-refractivity contribution is 0.0982. The third kappa shape index (κ3) is 2.75. The summed E-state index contributed by atoms with van der Waals surface area (Å²) in [7, 11) is 0. The minimum atomic E-state index is 0.0367. The number of hydrogen-bond acceptors (Lipinski definition) is 4. The molecule has 17 heavy (non-hydrogen) atoms. The Morgan fingerprint density at radius 2 is 2.12 bits per heavy atom. The van der Waals surface area contributed by atoms with E-state index in [9.17, 15) is 4.79 Å². The lowest BCUT2D eigenvalue weighted by Gasteiger charge is -2.03. The molecule has 0 aliphatic heterocycles. The zero-order valence-electron chi connectivity index (χ0n) is 9.71. The van der Waals surface area contributed by atoms with E-state index in [1.807, 2.05) is 19.1 Å². The second-order valence-corrected chi connectivity index (χ2v) is 3.80. The number of carbonyl (C=O) groups excluding carboxylic acids is 1. The molecule has 0 unspecified atom stereocenters. The molecule has 0 radical (unpaired) electrons. The van der Waals surface area contributed by atoms with Crippen molar-refractivity contribution in [3.05, 3.63) is 42.0 Å². The van der Waals surface area contributed by atoms with Gasteiger partial charge in [0, 0.05) is 25.4 Å². The molecule has 0 saturated heterocycles. The van der Waals surface area contributed by atoms with Crippen LogP contribution >= 0.6 is 0 Å². The van der Waals surface area contributed by atoms with Crippen molar-refractivity contribution in [2.24, 2.45) is 0 Å². The fourth-order valence-electron chi connectivity index (χ4n) is 1.63. The highest BCUT2D eigenvalue weighted by Crippen LogP contribution is 2.06. The Hall–Kier alpha value is -2.04. The number of aromatic nitrogens is 4. The van der Waals surface area contributed by atoms with Crippen molar-refractivity contribution >= 4 is 5.78 Å². The van der Waals surface area contributed by atoms with Crippen LogP contribution in [0.4, 0.5) is 0 Å². The van der Waals surface area contributed by atoms with Crippen molar-refractivity contribution < 1.29 is 4.79 Å². The van der Waals surface area contributed by atoms with E-state index in [0.29, 0.717) is 12.1 Å². The summed E-state index contributed by atoms with van der Waals surface area (Å²) < 4.78 is 1.66. The molecular weight excluding hydrogens is 216 g/mol. The first kappa shape index (κ1) is 11.4. The van der Waals surface area contributed by atoms with E-state index in [4.69, 9.17) is 0 Å². The Labute approximate surface area is 99.5 Å². The number of aryl methyl sites for hydroxylation is 1. The first-order chi connectivity index (χ1) is 8.31. The van der Waals surface area contributed by atoms with Gasteiger partial charge >= 0.3 is 0 Å². The van der Waals surface area contributed by atoms with Gasteiger partial charge in [-0.25, -0.2) is 4.68 Å². The molecule has 0 bridgehead atoms. The summed E-state index contributed by atoms with van der Waals surface area (Å²) in [6, 6.07) is 3.68. The summed E-state index contributed by atoms with van der Waals surface area (Å²) in [5.74, 6) is 0.0367. The summed E-state index contributed by atoms with van der Waals surface area (Å²) in [6.07, 6.45) is 6.19. The van der Waals surface area contributed by atoms with Crippen LogP contribution in [0.15, 0.2) is 30.7 Å². The Bertz CT molecular complexity index is 492. The Kier molecular flexibility index (Phi) is 3.59. The molecule has 2 aromatic rings. The van der Waals surface area contributed by atoms with E-state index >= 15 is 0 Å². The van der Waals surface area contributed by atoms with Crippen molar-refractivity contribution in [3.8, 4) is 0 Å². The van der Waals surface area contributed by atoms with Crippen LogP contribution in [0.3, 0.4) is 0 Å². The molecule has 0 spiro atoms. The van der Waals surface area contributed by atoms with Crippen LogP contribution in [0.25, 0.3) is 0 Å². The van der Waals surface area contributed by atoms with Crippen molar-refractivity contribution in [2.45, 2.75) is 26.3 Å². The first-order valence-corrected chi connectivity index (χ1v) is 5.62. The molecule has 5 nitrogen and oxygen atoms in total. The maximum absolute atomic E-state index is 12.0. The van der Waals surface area contributed by atoms with Gasteiger partial charge in [-0.15, -0.1) is 5.10 Å². The first-order valence-electron chi connectivity index (χ1n) is 5.62. The highest BCUT2D eigenvalue weighted by molar-refractivity contribution is 5.95. The fourth-order valence-corrected chi connectivity index (χ4v) is 1.63. The van der Waals surface area contributed by atoms with Crippen LogP contribution < -0.4 is 0 Å². The minimum Gasteiger partial charge on any atom is -0.292 e. The third-order valence-corrected chi connectivity index (χ3v) is 2.45. The second-order valence-electron chi connectivity index (χ2n) is 3.80. The minimum absolute atomic E-state index is 0.0367. The summed E-state index contributed by atoms with van der Waals surface area (Å²) in [5.41, 5.74) is 1.53. The largest absolute Gasteiger partial charge is 0.292 e. The van der Waals surface area contributed by atoms with E-state index in [0.717, 1.165) is 18.5 Å². The maximum Gasteiger partial charge on any atom is 0.186 e. The van der Waals surface area contributed by atoms with E-state index in [2.05, 4.69) is 15.3 Å². The van der Waals surface area contributed by atoms with E-state index in [1.54, 1.807) is 17.1 Å². The molecular formula is C12H14N4O. The van der Waals surface area contributed by atoms with E-state index in [-0.39, 0.29) is 5.78 Å². The molecule has 0 amide bonds. The van der Waals surface area contributed by atoms with Gasteiger partial charge in [-0.2, -0.15) is 0 Å². The highest BCUT2D eigenvalue weighted by Gasteiger charge is 2.13. The smallest absolute Gasteiger partial charge is 0.186 e. The van der Waals surface area contributed by atoms with Crippen molar-refractivity contribution in [3.63, 3.8) is 0 Å². The predicted octanol–water partition coefficient (Wildman–Crippen LogP) is 1.51. The van der Waals surface area contributed by atoms with Crippen molar-refractivity contribution in [2.75, 3.05) is 0 Å². The average Bonchev–Trinajstić information content (AvgIpc) is 2.79. The Balaban J connectivity index is 2.12. The molecule has 88 valence electrons. The zero-order chi connectivity index (χ0) is 12.1. The van der Waals surface area contributed by atoms with Gasteiger partial charge in [0.05, 0.1) is 6.20 Å². The number of nitrogens with zero attached hydrogens (tertiary/aromatic N) is 4. The normalized spacial score (nSPS) is 10.4. The fraction of sp³-hybridized carbons (Fsp3) is 0.333. The van der Waals surface area contributed by atoms with Crippen LogP contribution in [0, 0.1) is 0 Å². The monoisotopic (exact) mass is 230 g/mol. The van der Waals surface area contributed by atoms with Gasteiger partial charge in [-0.3, -0.25) is 9.78 Å². The maximum atomic E-state index is 12.0. The number of Topliss-reactive ketones (excluding diaryl/α,β-unsaturated/α-hetero) is 1. The molecule has 0 aliphatic rings. The van der Waals surface area contributed by atoms with Crippen LogP contribution in [0.2, 0.25) is 0 Å². The number of rotatable bonds is 5. The molecule has 0 fully saturated rings. The van der Waals surface area contributed by atoms with Crippen molar-refractivity contribution in [1.29, 1.82) is 0 Å². The molecule has 2 aromatic heterocycles. The van der Waals surface area contributed by atoms with Gasteiger partial charge in [0.2, 0.25) is 0 Å². The van der Waals surface area contributed by atoms with Gasteiger partial charge in [-0.1, -0.05) is 12.1 Å². The highest BCUT2D eigenvalue weighted by atomic mass is 16.1. The summed E-state index contributed by atoms with van der Waals surface area (Å²) >= 11 is 0. The number of pyridine rings is 1. The zero-order valence-corrected chi connectivity index (χ0v) is 9.71. The molecule has 0 aliphatic carbocycles. The molecule has 0 atom stereocenters. The summed E-state index contributed by atoms with van der Waals surface area (Å²) in [6.45, 7) is 2.76. The van der Waals surface area contributed by atoms with Crippen LogP contribution in [0.1, 0.15) is 29.4 Å². The van der Waals surface area contributed by atoms with E-state index in [1.165, 1.54) is 6.20 Å². The Morgan fingerprint density at radius 1 is 1.35 bits per heavy atom. The molecule has 2 rings (SSSR count). The molecule has 0 aromatic carbocycles. The number of carbonyl (C=O) groups is 1. The van der Waals surface area contributed by atoms with Gasteiger partial charge in [0.15, 0.2) is 5.78 Å². The molecule has 0 saturated carbocycles. The van der Waals surface area contributed by atoms with E-state index < -0.39 is 0 Å². The van der Waals surface area contributed by atoms with Crippen molar-refractivity contribution in [1.82, 2.24) is 20.0 Å². The SMILES string of the molecule is CCCn1nncc1C(=O)Cc1ccncc1. The molecule has 0 N–H and O–H groups in total. The number of ketones is 1. The van der Waals surface area contributed by atoms with Gasteiger partial charge in [0.25, 0.3) is 0 Å². The molecule has 5 heteroatoms. The lowest BCUT2D eigenvalue weighted by atomic mass is 10.1. The van der Waals surface area contributed by atoms with Gasteiger partial charge < -0.3 is 0 Å². The average molecular weight is 230 g/mol. The standard InChI is InChI=1S/C12H14N4O/c1-2-7-16-11(9-14-15-16)12(17)8-10-3-5-13-6-4-10/h3-6,9H,2,7-8H2,1H3. The van der Waals surface area contributed by atoms with Crippen LogP contribution in [0.5, 0.6) is 0 Å². The predicted molar refractivity (Wildman–Crippen MR) is 62.6 cm³/mol. The third-order valence-electron chi connectivity index (χ3n) is 2.45. The second kappa shape index (κ2) is 5.34. The van der Waals surface area contributed by atoms with Gasteiger partial charge in [0.1, 0.15) is 5.69 Å². The number of hydrogen-bond donors (Lipinski definition) is 0. The summed E-state index contributed by atoms with van der Waals surface area (Å²) in [5, 5.41) is 7.69. The lowest BCUT2D eigenvalue weighted by Crippen LogP contribution is -2.12. The van der Waals surface area contributed by atoms with Gasteiger partial charge in [-0.05, 0) is 24.1 Å². The molecule has 2 heterocycles. The summed E-state index contributed by atoms with van der Waals surface area (Å²) in [4.78, 5) is 16.0. The van der Waals surface area contributed by atoms with Crippen LogP contribution in [-0.2, 0) is 13.0 Å².